The Hall–Kier alpha value is -2.01. The highest BCUT2D eigenvalue weighted by atomic mass is 16.6. The van der Waals surface area contributed by atoms with E-state index in [1.54, 1.807) is 4.57 Å². The highest BCUT2D eigenvalue weighted by molar-refractivity contribution is 5.82. The first-order chi connectivity index (χ1) is 11.1. The van der Waals surface area contributed by atoms with Crippen molar-refractivity contribution in [2.75, 3.05) is 24.7 Å². The Kier molecular flexibility index (Phi) is 4.31. The topological polar surface area (TPSA) is 155 Å². The van der Waals surface area contributed by atoms with Crippen LogP contribution in [0.15, 0.2) is 6.33 Å². The number of nitrogens with zero attached hydrogens (tertiary/aromatic N) is 4. The van der Waals surface area contributed by atoms with Crippen LogP contribution in [0.4, 0.5) is 11.8 Å². The summed E-state index contributed by atoms with van der Waals surface area (Å²) in [5.41, 5.74) is 12.2. The molecule has 23 heavy (non-hydrogen) atoms. The number of nitrogens with two attached hydrogens (primary N) is 2. The molecule has 0 bridgehead atoms. The predicted octanol–water partition coefficient (Wildman–Crippen LogP) is -0.963. The number of imidazole rings is 1. The van der Waals surface area contributed by atoms with Gasteiger partial charge in [-0.25, -0.2) is 4.98 Å². The van der Waals surface area contributed by atoms with E-state index in [-0.39, 0.29) is 18.4 Å². The third kappa shape index (κ3) is 2.70. The monoisotopic (exact) mass is 324 g/mol. The summed E-state index contributed by atoms with van der Waals surface area (Å²) in [7, 11) is 0. The van der Waals surface area contributed by atoms with Crippen LogP contribution in [0.5, 0.6) is 0 Å². The van der Waals surface area contributed by atoms with Crippen molar-refractivity contribution in [2.24, 2.45) is 0 Å². The van der Waals surface area contributed by atoms with Gasteiger partial charge >= 0.3 is 0 Å². The number of anilines is 2. The Morgan fingerprint density at radius 2 is 2.17 bits per heavy atom. The lowest BCUT2D eigenvalue weighted by atomic mass is 10.1. The van der Waals surface area contributed by atoms with E-state index in [2.05, 4.69) is 15.0 Å². The van der Waals surface area contributed by atoms with E-state index in [4.69, 9.17) is 20.9 Å². The van der Waals surface area contributed by atoms with Crippen molar-refractivity contribution < 1.29 is 19.7 Å². The molecule has 1 saturated heterocycles. The van der Waals surface area contributed by atoms with Crippen LogP contribution in [-0.2, 0) is 9.47 Å². The minimum Gasteiger partial charge on any atom is -0.394 e. The van der Waals surface area contributed by atoms with Gasteiger partial charge in [-0.1, -0.05) is 6.92 Å². The van der Waals surface area contributed by atoms with Gasteiger partial charge in [0, 0.05) is 6.61 Å². The lowest BCUT2D eigenvalue weighted by Crippen LogP contribution is -2.35. The molecule has 2 aromatic heterocycles. The maximum atomic E-state index is 10.3. The molecule has 3 heterocycles. The maximum Gasteiger partial charge on any atom is 0.224 e. The number of aliphatic hydroxyl groups excluding tert-OH is 2. The van der Waals surface area contributed by atoms with Crippen LogP contribution in [0.3, 0.4) is 0 Å². The van der Waals surface area contributed by atoms with E-state index < -0.39 is 24.5 Å². The van der Waals surface area contributed by atoms with E-state index >= 15 is 0 Å². The molecule has 1 aliphatic heterocycles. The predicted molar refractivity (Wildman–Crippen MR) is 81.2 cm³/mol. The fraction of sp³-hybridized carbons (Fsp3) is 0.615. The largest absolute Gasteiger partial charge is 0.394 e. The Bertz CT molecular complexity index is 692. The number of fused-ring (bicyclic) bond motifs is 1. The number of aliphatic hydroxyl groups is 2. The van der Waals surface area contributed by atoms with Gasteiger partial charge in [0.25, 0.3) is 0 Å². The number of nitrogen functional groups attached to an aromatic ring is 2. The van der Waals surface area contributed by atoms with Crippen molar-refractivity contribution in [3.8, 4) is 0 Å². The fourth-order valence-corrected chi connectivity index (χ4v) is 2.67. The van der Waals surface area contributed by atoms with Gasteiger partial charge in [-0.05, 0) is 6.42 Å². The van der Waals surface area contributed by atoms with Crippen LogP contribution >= 0.6 is 0 Å². The third-order valence-corrected chi connectivity index (χ3v) is 3.75. The molecule has 0 unspecified atom stereocenters. The van der Waals surface area contributed by atoms with Gasteiger partial charge in [-0.15, -0.1) is 0 Å². The molecule has 0 radical (unpaired) electrons. The summed E-state index contributed by atoms with van der Waals surface area (Å²) in [5, 5.41) is 19.7. The first kappa shape index (κ1) is 15.9. The Labute approximate surface area is 132 Å². The summed E-state index contributed by atoms with van der Waals surface area (Å²) in [6.07, 6.45) is -0.822. The number of hydrogen-bond donors (Lipinski definition) is 4. The molecule has 0 aromatic carbocycles. The van der Waals surface area contributed by atoms with E-state index in [0.29, 0.717) is 17.8 Å². The molecule has 0 saturated carbocycles. The van der Waals surface area contributed by atoms with Crippen LogP contribution in [0.2, 0.25) is 0 Å². The number of aromatic nitrogens is 4. The van der Waals surface area contributed by atoms with Gasteiger partial charge in [0.15, 0.2) is 17.7 Å². The van der Waals surface area contributed by atoms with Gasteiger partial charge in [0.05, 0.1) is 12.9 Å². The van der Waals surface area contributed by atoms with Gasteiger partial charge in [0.2, 0.25) is 5.95 Å². The second-order valence-electron chi connectivity index (χ2n) is 5.36. The first-order valence-electron chi connectivity index (χ1n) is 7.38. The molecule has 1 aliphatic rings. The van der Waals surface area contributed by atoms with Gasteiger partial charge < -0.3 is 31.2 Å². The molecular formula is C13H20N6O4. The molecule has 0 spiro atoms. The molecule has 6 N–H and O–H groups in total. The Morgan fingerprint density at radius 3 is 2.87 bits per heavy atom. The molecule has 0 amide bonds. The van der Waals surface area contributed by atoms with Crippen LogP contribution < -0.4 is 11.5 Å². The molecule has 3 rings (SSSR count). The average Bonchev–Trinajstić information content (AvgIpc) is 3.06. The lowest BCUT2D eigenvalue weighted by Gasteiger charge is -2.21. The molecule has 126 valence electrons. The van der Waals surface area contributed by atoms with Crippen LogP contribution in [-0.4, -0.2) is 61.3 Å². The molecule has 10 heteroatoms. The third-order valence-electron chi connectivity index (χ3n) is 3.75. The normalized spacial score (nSPS) is 27.8. The number of hydrogen-bond acceptors (Lipinski definition) is 9. The molecule has 1 fully saturated rings. The van der Waals surface area contributed by atoms with Crippen molar-refractivity contribution in [2.45, 2.75) is 37.9 Å². The van der Waals surface area contributed by atoms with Crippen molar-refractivity contribution in [1.29, 1.82) is 0 Å². The minimum absolute atomic E-state index is 0.0139. The Morgan fingerprint density at radius 1 is 1.39 bits per heavy atom. The first-order valence-corrected chi connectivity index (χ1v) is 7.38. The summed E-state index contributed by atoms with van der Waals surface area (Å²) >= 11 is 0. The van der Waals surface area contributed by atoms with Crippen molar-refractivity contribution in [1.82, 2.24) is 19.5 Å². The molecule has 2 aromatic rings. The molecule has 10 nitrogen and oxygen atoms in total. The second kappa shape index (κ2) is 6.24. The van der Waals surface area contributed by atoms with Gasteiger partial charge in [0.1, 0.15) is 23.8 Å². The van der Waals surface area contributed by atoms with Crippen LogP contribution in [0.25, 0.3) is 11.2 Å². The van der Waals surface area contributed by atoms with Crippen LogP contribution in [0.1, 0.15) is 19.6 Å². The van der Waals surface area contributed by atoms with Crippen molar-refractivity contribution >= 4 is 22.9 Å². The standard InChI is InChI=1S/C13H20N6O4/c1-2-3-22-9-8(21)6(4-20)23-12(9)19-5-16-7-10(14)17-13(15)18-11(7)19/h5-6,8-9,12,20-21H,2-4H2,1H3,(H4,14,15,17,18)/t6-,8-,9-,12-/m1/s1. The van der Waals surface area contributed by atoms with E-state index in [1.807, 2.05) is 6.92 Å². The highest BCUT2D eigenvalue weighted by Crippen LogP contribution is 2.34. The van der Waals surface area contributed by atoms with E-state index in [0.717, 1.165) is 6.42 Å². The maximum absolute atomic E-state index is 10.3. The van der Waals surface area contributed by atoms with Crippen molar-refractivity contribution in [3.05, 3.63) is 6.33 Å². The molecule has 0 aliphatic carbocycles. The molecule has 4 atom stereocenters. The summed E-state index contributed by atoms with van der Waals surface area (Å²) in [6, 6.07) is 0. The smallest absolute Gasteiger partial charge is 0.224 e. The van der Waals surface area contributed by atoms with Gasteiger partial charge in [-0.2, -0.15) is 9.97 Å². The Balaban J connectivity index is 2.01. The van der Waals surface area contributed by atoms with Crippen molar-refractivity contribution in [3.63, 3.8) is 0 Å². The summed E-state index contributed by atoms with van der Waals surface area (Å²) in [5.74, 6) is 0.176. The zero-order chi connectivity index (χ0) is 16.6. The lowest BCUT2D eigenvalue weighted by molar-refractivity contribution is -0.0703. The second-order valence-corrected chi connectivity index (χ2v) is 5.36. The van der Waals surface area contributed by atoms with Crippen LogP contribution in [0, 0.1) is 0 Å². The van der Waals surface area contributed by atoms with E-state index in [1.165, 1.54) is 6.33 Å². The zero-order valence-corrected chi connectivity index (χ0v) is 12.7. The molecular weight excluding hydrogens is 304 g/mol. The highest BCUT2D eigenvalue weighted by Gasteiger charge is 2.45. The summed E-state index contributed by atoms with van der Waals surface area (Å²) in [6.45, 7) is 2.09. The zero-order valence-electron chi connectivity index (χ0n) is 12.7. The quantitative estimate of drug-likeness (QED) is 0.544. The fourth-order valence-electron chi connectivity index (χ4n) is 2.67. The average molecular weight is 324 g/mol. The summed E-state index contributed by atoms with van der Waals surface area (Å²) in [4.78, 5) is 12.2. The SMILES string of the molecule is CCCO[C@@H]1[C@H](O)[C@@H](CO)O[C@H]1n1cnc2c(N)nc(N)nc21. The van der Waals surface area contributed by atoms with E-state index in [9.17, 15) is 10.2 Å². The number of ether oxygens (including phenoxy) is 2. The summed E-state index contributed by atoms with van der Waals surface area (Å²) < 4.78 is 13.0. The van der Waals surface area contributed by atoms with Gasteiger partial charge in [-0.3, -0.25) is 4.57 Å². The minimum atomic E-state index is -0.967. The number of rotatable bonds is 5.